The monoisotopic (exact) mass is 221 g/mol. The van der Waals surface area contributed by atoms with Crippen LogP contribution in [-0.2, 0) is 13.0 Å². The fourth-order valence-electron chi connectivity index (χ4n) is 1.54. The lowest BCUT2D eigenvalue weighted by molar-refractivity contribution is 0.524. The summed E-state index contributed by atoms with van der Waals surface area (Å²) in [5.41, 5.74) is 3.82. The average molecular weight is 221 g/mol. The van der Waals surface area contributed by atoms with Gasteiger partial charge < -0.3 is 0 Å². The molecular weight excluding hydrogens is 206 g/mol. The van der Waals surface area contributed by atoms with Gasteiger partial charge in [0.15, 0.2) is 0 Å². The van der Waals surface area contributed by atoms with Crippen LogP contribution < -0.4 is 11.3 Å². The first-order valence-electron chi connectivity index (χ1n) is 5.16. The summed E-state index contributed by atoms with van der Waals surface area (Å²) >= 11 is 0. The van der Waals surface area contributed by atoms with Gasteiger partial charge in [0.1, 0.15) is 12.2 Å². The van der Waals surface area contributed by atoms with Crippen LogP contribution in [-0.4, -0.2) is 25.0 Å². The molecule has 0 fully saturated rings. The molecule has 0 aliphatic rings. The van der Waals surface area contributed by atoms with E-state index in [0.29, 0.717) is 0 Å². The van der Waals surface area contributed by atoms with Gasteiger partial charge in [0.05, 0.1) is 12.2 Å². The van der Waals surface area contributed by atoms with Gasteiger partial charge in [0.2, 0.25) is 0 Å². The summed E-state index contributed by atoms with van der Waals surface area (Å²) < 4.78 is 1.88. The number of rotatable bonds is 5. The molecule has 7 nitrogen and oxygen atoms in total. The van der Waals surface area contributed by atoms with Crippen LogP contribution in [0.5, 0.6) is 0 Å². The van der Waals surface area contributed by atoms with Crippen LogP contribution in [0, 0.1) is 0 Å². The molecule has 1 atom stereocenters. The molecule has 0 saturated heterocycles. The molecule has 0 aliphatic carbocycles. The van der Waals surface area contributed by atoms with E-state index in [1.807, 2.05) is 24.0 Å². The summed E-state index contributed by atoms with van der Waals surface area (Å²) in [5.74, 6) is 6.21. The maximum atomic E-state index is 5.49. The highest BCUT2D eigenvalue weighted by molar-refractivity contribution is 5.09. The maximum Gasteiger partial charge on any atom is 0.143 e. The van der Waals surface area contributed by atoms with Gasteiger partial charge in [-0.05, 0) is 18.9 Å². The number of nitrogens with zero attached hydrogens (tertiary/aromatic N) is 4. The van der Waals surface area contributed by atoms with Crippen LogP contribution in [0.1, 0.15) is 24.4 Å². The van der Waals surface area contributed by atoms with Crippen molar-refractivity contribution in [1.29, 1.82) is 0 Å². The molecule has 0 saturated carbocycles. The first-order chi connectivity index (χ1) is 7.83. The van der Waals surface area contributed by atoms with E-state index >= 15 is 0 Å². The lowest BCUT2D eigenvalue weighted by Gasteiger charge is -2.10. The second-order valence-corrected chi connectivity index (χ2v) is 3.50. The molecule has 0 spiro atoms. The van der Waals surface area contributed by atoms with Gasteiger partial charge in [0, 0.05) is 12.7 Å². The Hall–Kier alpha value is -1.73. The van der Waals surface area contributed by atoms with E-state index < -0.39 is 0 Å². The van der Waals surface area contributed by atoms with Gasteiger partial charge in [-0.25, -0.2) is 10.4 Å². The van der Waals surface area contributed by atoms with E-state index in [1.54, 1.807) is 0 Å². The lowest BCUT2D eigenvalue weighted by atomic mass is 10.1. The van der Waals surface area contributed by atoms with Gasteiger partial charge in [-0.1, -0.05) is 0 Å². The third kappa shape index (κ3) is 2.26. The van der Waals surface area contributed by atoms with Crippen molar-refractivity contribution in [1.82, 2.24) is 30.4 Å². The molecular formula is C9H15N7. The molecule has 0 aromatic carbocycles. The Bertz CT molecular complexity index is 419. The molecule has 86 valence electrons. The van der Waals surface area contributed by atoms with Crippen LogP contribution in [0.25, 0.3) is 0 Å². The minimum absolute atomic E-state index is 0.0722. The number of nitrogens with one attached hydrogen (secondary N) is 2. The molecule has 7 heteroatoms. The Kier molecular flexibility index (Phi) is 3.28. The number of nitrogens with two attached hydrogens (primary N) is 1. The zero-order valence-corrected chi connectivity index (χ0v) is 9.09. The molecule has 1 unspecified atom stereocenters. The van der Waals surface area contributed by atoms with Gasteiger partial charge in [-0.2, -0.15) is 10.2 Å². The third-order valence-electron chi connectivity index (χ3n) is 2.42. The van der Waals surface area contributed by atoms with Crippen LogP contribution in [0.4, 0.5) is 0 Å². The number of hydrogen-bond acceptors (Lipinski definition) is 5. The SMILES string of the molecule is CCn1cc(CC(NN)c2ncn[nH]2)cn1. The van der Waals surface area contributed by atoms with E-state index in [2.05, 4.69) is 25.7 Å². The number of hydrazine groups is 1. The number of aromatic amines is 1. The largest absolute Gasteiger partial charge is 0.273 e. The Morgan fingerprint density at radius 1 is 1.62 bits per heavy atom. The van der Waals surface area contributed by atoms with Gasteiger partial charge in [0.25, 0.3) is 0 Å². The van der Waals surface area contributed by atoms with Gasteiger partial charge >= 0.3 is 0 Å². The fraction of sp³-hybridized carbons (Fsp3) is 0.444. The molecule has 4 N–H and O–H groups in total. The molecule has 0 radical (unpaired) electrons. The predicted molar refractivity (Wildman–Crippen MR) is 58.1 cm³/mol. The molecule has 0 amide bonds. The molecule has 2 heterocycles. The quantitative estimate of drug-likeness (QED) is 0.478. The predicted octanol–water partition coefficient (Wildman–Crippen LogP) is -0.232. The minimum atomic E-state index is -0.0722. The second kappa shape index (κ2) is 4.86. The van der Waals surface area contributed by atoms with E-state index in [0.717, 1.165) is 24.4 Å². The summed E-state index contributed by atoms with van der Waals surface area (Å²) in [7, 11) is 0. The van der Waals surface area contributed by atoms with Crippen molar-refractivity contribution in [3.05, 3.63) is 30.1 Å². The van der Waals surface area contributed by atoms with E-state index in [1.165, 1.54) is 6.33 Å². The molecule has 16 heavy (non-hydrogen) atoms. The lowest BCUT2D eigenvalue weighted by Crippen LogP contribution is -2.30. The first-order valence-corrected chi connectivity index (χ1v) is 5.16. The van der Waals surface area contributed by atoms with Gasteiger partial charge in [-0.3, -0.25) is 15.6 Å². The van der Waals surface area contributed by atoms with Crippen molar-refractivity contribution >= 4 is 0 Å². The van der Waals surface area contributed by atoms with Crippen molar-refractivity contribution in [3.8, 4) is 0 Å². The van der Waals surface area contributed by atoms with Crippen LogP contribution >= 0.6 is 0 Å². The third-order valence-corrected chi connectivity index (χ3v) is 2.42. The summed E-state index contributed by atoms with van der Waals surface area (Å²) in [6.45, 7) is 2.91. The summed E-state index contributed by atoms with van der Waals surface area (Å²) in [6, 6.07) is -0.0722. The maximum absolute atomic E-state index is 5.49. The van der Waals surface area contributed by atoms with Gasteiger partial charge in [-0.15, -0.1) is 0 Å². The van der Waals surface area contributed by atoms with Crippen molar-refractivity contribution in [3.63, 3.8) is 0 Å². The minimum Gasteiger partial charge on any atom is -0.273 e. The Balaban J connectivity index is 2.07. The van der Waals surface area contributed by atoms with Crippen LogP contribution in [0.2, 0.25) is 0 Å². The first kappa shape index (κ1) is 10.8. The summed E-state index contributed by atoms with van der Waals surface area (Å²) in [5, 5.41) is 10.8. The molecule has 2 aromatic rings. The highest BCUT2D eigenvalue weighted by Crippen LogP contribution is 2.12. The van der Waals surface area contributed by atoms with Crippen molar-refractivity contribution in [2.75, 3.05) is 0 Å². The Labute approximate surface area is 93.0 Å². The smallest absolute Gasteiger partial charge is 0.143 e. The number of hydrogen-bond donors (Lipinski definition) is 3. The highest BCUT2D eigenvalue weighted by atomic mass is 15.3. The molecule has 0 aliphatic heterocycles. The molecule has 0 bridgehead atoms. The summed E-state index contributed by atoms with van der Waals surface area (Å²) in [6.07, 6.45) is 6.03. The Morgan fingerprint density at radius 3 is 3.06 bits per heavy atom. The molecule has 2 aromatic heterocycles. The van der Waals surface area contributed by atoms with E-state index in [-0.39, 0.29) is 6.04 Å². The highest BCUT2D eigenvalue weighted by Gasteiger charge is 2.14. The standard InChI is InChI=1S/C9H15N7/c1-2-16-5-7(4-13-16)3-8(14-10)9-11-6-12-15-9/h4-6,8,14H,2-3,10H2,1H3,(H,11,12,15). The number of aromatic nitrogens is 5. The second-order valence-electron chi connectivity index (χ2n) is 3.50. The van der Waals surface area contributed by atoms with Crippen LogP contribution in [0.3, 0.4) is 0 Å². The number of H-pyrrole nitrogens is 1. The summed E-state index contributed by atoms with van der Waals surface area (Å²) in [4.78, 5) is 4.07. The van der Waals surface area contributed by atoms with Crippen LogP contribution in [0.15, 0.2) is 18.7 Å². The van der Waals surface area contributed by atoms with Crippen molar-refractivity contribution in [2.45, 2.75) is 25.9 Å². The molecule has 2 rings (SSSR count). The zero-order valence-electron chi connectivity index (χ0n) is 9.09. The normalized spacial score (nSPS) is 12.9. The topological polar surface area (TPSA) is 97.4 Å². The average Bonchev–Trinajstić information content (AvgIpc) is 2.96. The van der Waals surface area contributed by atoms with E-state index in [4.69, 9.17) is 5.84 Å². The number of aryl methyl sites for hydroxylation is 1. The zero-order chi connectivity index (χ0) is 11.4. The fourth-order valence-corrected chi connectivity index (χ4v) is 1.54. The van der Waals surface area contributed by atoms with E-state index in [9.17, 15) is 0 Å². The van der Waals surface area contributed by atoms with Crippen molar-refractivity contribution < 1.29 is 0 Å². The Morgan fingerprint density at radius 2 is 2.50 bits per heavy atom. The van der Waals surface area contributed by atoms with Crippen molar-refractivity contribution in [2.24, 2.45) is 5.84 Å².